The lowest BCUT2D eigenvalue weighted by atomic mass is 10.2. The van der Waals surface area contributed by atoms with Gasteiger partial charge < -0.3 is 20.5 Å². The normalized spacial score (nSPS) is 12.3. The van der Waals surface area contributed by atoms with Gasteiger partial charge in [-0.2, -0.15) is 5.26 Å². The monoisotopic (exact) mass is 343 g/mol. The van der Waals surface area contributed by atoms with E-state index < -0.39 is 0 Å². The molecule has 1 amide bonds. The zero-order chi connectivity index (χ0) is 16.9. The molecular formula is C15H13N5O3S. The fourth-order valence-corrected chi connectivity index (χ4v) is 2.60. The van der Waals surface area contributed by atoms with E-state index in [1.807, 2.05) is 6.07 Å². The van der Waals surface area contributed by atoms with E-state index in [0.29, 0.717) is 35.6 Å². The lowest BCUT2D eigenvalue weighted by Gasteiger charge is -2.18. The van der Waals surface area contributed by atoms with Crippen LogP contribution in [0.15, 0.2) is 29.6 Å². The standard InChI is InChI=1S/C15H13N5O3S/c16-6-9-7-18-15(20-14(9)17)24-8-13(21)19-10-1-2-11-12(5-10)23-4-3-22-11/h1-2,5,7H,3-4,8H2,(H,19,21)(H2,17,18,20). The third-order valence-electron chi connectivity index (χ3n) is 3.07. The average molecular weight is 343 g/mol. The average Bonchev–Trinajstić information content (AvgIpc) is 2.60. The smallest absolute Gasteiger partial charge is 0.234 e. The summed E-state index contributed by atoms with van der Waals surface area (Å²) in [5, 5.41) is 11.9. The van der Waals surface area contributed by atoms with Crippen LogP contribution < -0.4 is 20.5 Å². The summed E-state index contributed by atoms with van der Waals surface area (Å²) in [5.41, 5.74) is 6.44. The summed E-state index contributed by atoms with van der Waals surface area (Å²) in [6.07, 6.45) is 1.34. The molecule has 1 aliphatic rings. The van der Waals surface area contributed by atoms with Crippen LogP contribution >= 0.6 is 11.8 Å². The molecular weight excluding hydrogens is 330 g/mol. The van der Waals surface area contributed by atoms with Gasteiger partial charge in [-0.1, -0.05) is 11.8 Å². The van der Waals surface area contributed by atoms with Crippen LogP contribution in [0.1, 0.15) is 5.56 Å². The van der Waals surface area contributed by atoms with Crippen LogP contribution in [0.3, 0.4) is 0 Å². The number of amides is 1. The van der Waals surface area contributed by atoms with Gasteiger partial charge in [0, 0.05) is 11.8 Å². The van der Waals surface area contributed by atoms with Gasteiger partial charge in [-0.25, -0.2) is 9.97 Å². The predicted octanol–water partition coefficient (Wildman–Crippen LogP) is 1.43. The van der Waals surface area contributed by atoms with Crippen LogP contribution in [0.4, 0.5) is 11.5 Å². The number of aromatic nitrogens is 2. The van der Waals surface area contributed by atoms with E-state index >= 15 is 0 Å². The number of nitrogens with two attached hydrogens (primary N) is 1. The first kappa shape index (κ1) is 15.9. The number of fused-ring (bicyclic) bond motifs is 1. The summed E-state index contributed by atoms with van der Waals surface area (Å²) < 4.78 is 10.9. The highest BCUT2D eigenvalue weighted by Crippen LogP contribution is 2.32. The van der Waals surface area contributed by atoms with Crippen molar-refractivity contribution in [2.45, 2.75) is 5.16 Å². The van der Waals surface area contributed by atoms with Crippen molar-refractivity contribution in [2.24, 2.45) is 0 Å². The Morgan fingerprint density at radius 2 is 2.17 bits per heavy atom. The van der Waals surface area contributed by atoms with Gasteiger partial charge in [-0.15, -0.1) is 0 Å². The molecule has 1 aromatic carbocycles. The minimum Gasteiger partial charge on any atom is -0.486 e. The molecule has 122 valence electrons. The highest BCUT2D eigenvalue weighted by atomic mass is 32.2. The highest BCUT2D eigenvalue weighted by molar-refractivity contribution is 7.99. The van der Waals surface area contributed by atoms with Crippen molar-refractivity contribution in [3.05, 3.63) is 30.0 Å². The lowest BCUT2D eigenvalue weighted by Crippen LogP contribution is -2.17. The molecule has 0 bridgehead atoms. The van der Waals surface area contributed by atoms with Crippen molar-refractivity contribution in [1.29, 1.82) is 5.26 Å². The van der Waals surface area contributed by atoms with E-state index in [0.717, 1.165) is 11.8 Å². The van der Waals surface area contributed by atoms with Crippen molar-refractivity contribution in [3.63, 3.8) is 0 Å². The van der Waals surface area contributed by atoms with Gasteiger partial charge in [0.25, 0.3) is 0 Å². The molecule has 3 rings (SSSR count). The second-order valence-electron chi connectivity index (χ2n) is 4.76. The number of thioether (sulfide) groups is 1. The Morgan fingerprint density at radius 3 is 2.92 bits per heavy atom. The first-order chi connectivity index (χ1) is 11.7. The number of rotatable bonds is 4. The molecule has 0 radical (unpaired) electrons. The second-order valence-corrected chi connectivity index (χ2v) is 5.70. The third-order valence-corrected chi connectivity index (χ3v) is 3.94. The maximum Gasteiger partial charge on any atom is 0.234 e. The number of nitrogens with zero attached hydrogens (tertiary/aromatic N) is 3. The van der Waals surface area contributed by atoms with E-state index in [2.05, 4.69) is 15.3 Å². The largest absolute Gasteiger partial charge is 0.486 e. The first-order valence-corrected chi connectivity index (χ1v) is 7.99. The molecule has 2 aromatic rings. The summed E-state index contributed by atoms with van der Waals surface area (Å²) in [5.74, 6) is 1.26. The fraction of sp³-hybridized carbons (Fsp3) is 0.200. The maximum atomic E-state index is 12.0. The zero-order valence-electron chi connectivity index (χ0n) is 12.5. The first-order valence-electron chi connectivity index (χ1n) is 7.00. The molecule has 0 spiro atoms. The van der Waals surface area contributed by atoms with Crippen molar-refractivity contribution in [1.82, 2.24) is 9.97 Å². The van der Waals surface area contributed by atoms with Crippen molar-refractivity contribution < 1.29 is 14.3 Å². The Morgan fingerprint density at radius 1 is 1.38 bits per heavy atom. The van der Waals surface area contributed by atoms with Gasteiger partial charge in [0.15, 0.2) is 16.7 Å². The number of nitrogens with one attached hydrogen (secondary N) is 1. The van der Waals surface area contributed by atoms with Crippen LogP contribution in [0.2, 0.25) is 0 Å². The summed E-state index contributed by atoms with van der Waals surface area (Å²) in [7, 11) is 0. The molecule has 3 N–H and O–H groups in total. The molecule has 24 heavy (non-hydrogen) atoms. The van der Waals surface area contributed by atoms with Gasteiger partial charge in [0.2, 0.25) is 5.91 Å². The van der Waals surface area contributed by atoms with Gasteiger partial charge in [-0.3, -0.25) is 4.79 Å². The fourth-order valence-electron chi connectivity index (χ4n) is 1.98. The van der Waals surface area contributed by atoms with Crippen molar-refractivity contribution in [3.8, 4) is 17.6 Å². The van der Waals surface area contributed by atoms with Crippen molar-refractivity contribution in [2.75, 3.05) is 30.0 Å². The molecule has 0 unspecified atom stereocenters. The van der Waals surface area contributed by atoms with Gasteiger partial charge >= 0.3 is 0 Å². The minimum atomic E-state index is -0.219. The summed E-state index contributed by atoms with van der Waals surface area (Å²) in [6, 6.07) is 7.09. The molecule has 8 nitrogen and oxygen atoms in total. The topological polar surface area (TPSA) is 123 Å². The van der Waals surface area contributed by atoms with E-state index in [9.17, 15) is 4.79 Å². The van der Waals surface area contributed by atoms with Crippen molar-refractivity contribution >= 4 is 29.2 Å². The van der Waals surface area contributed by atoms with Crippen LogP contribution in [0, 0.1) is 11.3 Å². The quantitative estimate of drug-likeness (QED) is 0.631. The Hall–Kier alpha value is -2.99. The Bertz CT molecular complexity index is 821. The minimum absolute atomic E-state index is 0.0993. The SMILES string of the molecule is N#Cc1cnc(SCC(=O)Nc2ccc3c(c2)OCCO3)nc1N. The summed E-state index contributed by atoms with van der Waals surface area (Å²) in [6.45, 7) is 1.00. The highest BCUT2D eigenvalue weighted by Gasteiger charge is 2.13. The second kappa shape index (κ2) is 7.06. The number of carbonyl (C=O) groups excluding carboxylic acids is 1. The Balaban J connectivity index is 1.58. The van der Waals surface area contributed by atoms with E-state index in [4.69, 9.17) is 20.5 Å². The van der Waals surface area contributed by atoms with E-state index in [1.54, 1.807) is 18.2 Å². The molecule has 0 saturated heterocycles. The van der Waals surface area contributed by atoms with Gasteiger partial charge in [0.1, 0.15) is 30.7 Å². The molecule has 0 atom stereocenters. The number of ether oxygens (including phenoxy) is 2. The van der Waals surface area contributed by atoms with Crippen LogP contribution in [-0.2, 0) is 4.79 Å². The number of anilines is 2. The number of benzene rings is 1. The predicted molar refractivity (Wildman–Crippen MR) is 87.9 cm³/mol. The number of hydrogen-bond acceptors (Lipinski definition) is 8. The number of nitriles is 1. The van der Waals surface area contributed by atoms with Crippen LogP contribution in [-0.4, -0.2) is 34.8 Å². The molecule has 9 heteroatoms. The molecule has 1 aromatic heterocycles. The van der Waals surface area contributed by atoms with Gasteiger partial charge in [-0.05, 0) is 12.1 Å². The number of hydrogen-bond donors (Lipinski definition) is 2. The Labute approximate surface area is 142 Å². The molecule has 0 fully saturated rings. The number of carbonyl (C=O) groups is 1. The third kappa shape index (κ3) is 3.67. The lowest BCUT2D eigenvalue weighted by molar-refractivity contribution is -0.113. The Kier molecular flexibility index (Phi) is 4.67. The van der Waals surface area contributed by atoms with Gasteiger partial charge in [0.05, 0.1) is 11.9 Å². The van der Waals surface area contributed by atoms with E-state index in [1.165, 1.54) is 6.20 Å². The molecule has 1 aliphatic heterocycles. The number of nitrogen functional groups attached to an aromatic ring is 1. The maximum absolute atomic E-state index is 12.0. The summed E-state index contributed by atoms with van der Waals surface area (Å²) in [4.78, 5) is 20.0. The molecule has 0 saturated carbocycles. The zero-order valence-corrected chi connectivity index (χ0v) is 13.3. The molecule has 0 aliphatic carbocycles. The van der Waals surface area contributed by atoms with E-state index in [-0.39, 0.29) is 23.0 Å². The van der Waals surface area contributed by atoms with Crippen LogP contribution in [0.5, 0.6) is 11.5 Å². The molecule has 2 heterocycles. The summed E-state index contributed by atoms with van der Waals surface area (Å²) >= 11 is 1.13. The van der Waals surface area contributed by atoms with Crippen LogP contribution in [0.25, 0.3) is 0 Å².